The first-order valence-corrected chi connectivity index (χ1v) is 16.8. The van der Waals surface area contributed by atoms with Gasteiger partial charge >= 0.3 is 5.97 Å². The summed E-state index contributed by atoms with van der Waals surface area (Å²) < 4.78 is 16.5. The monoisotopic (exact) mass is 572 g/mol. The number of aliphatic hydroxyl groups excluding tert-OH is 3. The van der Waals surface area contributed by atoms with Gasteiger partial charge in [0.25, 0.3) is 0 Å². The molecule has 1 aromatic rings. The SMILES string of the molecule is CCSSCCCCCCCCCCCCCCC(=O)OC[C@H]1O[C@@H](Oc2ccccc2)[C@H](O)[C@@H](O)[C@H]1O. The summed E-state index contributed by atoms with van der Waals surface area (Å²) in [5.74, 6) is 2.59. The van der Waals surface area contributed by atoms with Gasteiger partial charge in [-0.25, -0.2) is 0 Å². The molecule has 1 aromatic carbocycles. The fourth-order valence-electron chi connectivity index (χ4n) is 4.37. The highest BCUT2D eigenvalue weighted by atomic mass is 33.1. The third-order valence-electron chi connectivity index (χ3n) is 6.63. The van der Waals surface area contributed by atoms with E-state index in [1.165, 1.54) is 69.3 Å². The summed E-state index contributed by atoms with van der Waals surface area (Å²) in [6.45, 7) is 1.99. The highest BCUT2D eigenvalue weighted by Gasteiger charge is 2.45. The number of esters is 1. The van der Waals surface area contributed by atoms with Gasteiger partial charge in [-0.1, -0.05) is 111 Å². The molecule has 38 heavy (non-hydrogen) atoms. The van der Waals surface area contributed by atoms with Crippen molar-refractivity contribution in [3.8, 4) is 5.75 Å². The first kappa shape index (κ1) is 33.2. The van der Waals surface area contributed by atoms with Crippen LogP contribution in [0.5, 0.6) is 5.75 Å². The lowest BCUT2D eigenvalue weighted by atomic mass is 9.99. The molecular formula is C29H48O7S2. The Balaban J connectivity index is 1.46. The van der Waals surface area contributed by atoms with Crippen molar-refractivity contribution in [1.29, 1.82) is 0 Å². The molecule has 2 rings (SSSR count). The Morgan fingerprint density at radius 2 is 1.37 bits per heavy atom. The van der Waals surface area contributed by atoms with E-state index in [0.717, 1.165) is 19.3 Å². The number of benzene rings is 1. The number of unbranched alkanes of at least 4 members (excludes halogenated alkanes) is 11. The molecule has 3 N–H and O–H groups in total. The van der Waals surface area contributed by atoms with Crippen molar-refractivity contribution in [2.75, 3.05) is 18.1 Å². The first-order valence-electron chi connectivity index (χ1n) is 14.3. The highest BCUT2D eigenvalue weighted by molar-refractivity contribution is 8.76. The molecule has 1 aliphatic rings. The smallest absolute Gasteiger partial charge is 0.305 e. The van der Waals surface area contributed by atoms with Gasteiger partial charge in [0, 0.05) is 17.9 Å². The Bertz CT molecular complexity index is 724. The zero-order valence-corrected chi connectivity index (χ0v) is 24.5. The number of carbonyl (C=O) groups excluding carboxylic acids is 1. The predicted octanol–water partition coefficient (Wildman–Crippen LogP) is 5.89. The number of rotatable bonds is 21. The maximum absolute atomic E-state index is 12.2. The lowest BCUT2D eigenvalue weighted by Crippen LogP contribution is -2.60. The van der Waals surface area contributed by atoms with Gasteiger partial charge in [-0.05, 0) is 25.0 Å². The molecule has 7 nitrogen and oxygen atoms in total. The molecule has 1 saturated heterocycles. The van der Waals surface area contributed by atoms with Crippen molar-refractivity contribution in [3.63, 3.8) is 0 Å². The molecule has 9 heteroatoms. The van der Waals surface area contributed by atoms with Crippen LogP contribution in [0, 0.1) is 0 Å². The van der Waals surface area contributed by atoms with Crippen molar-refractivity contribution in [2.45, 2.75) is 121 Å². The molecule has 1 aliphatic heterocycles. The van der Waals surface area contributed by atoms with Gasteiger partial charge < -0.3 is 29.5 Å². The van der Waals surface area contributed by atoms with E-state index in [1.54, 1.807) is 24.3 Å². The number of aliphatic hydroxyl groups is 3. The van der Waals surface area contributed by atoms with Gasteiger partial charge in [-0.2, -0.15) is 0 Å². The summed E-state index contributed by atoms with van der Waals surface area (Å²) >= 11 is 0. The van der Waals surface area contributed by atoms with E-state index in [-0.39, 0.29) is 12.6 Å². The second kappa shape index (κ2) is 20.9. The van der Waals surface area contributed by atoms with Crippen LogP contribution in [0.15, 0.2) is 30.3 Å². The van der Waals surface area contributed by atoms with Crippen molar-refractivity contribution < 1.29 is 34.3 Å². The van der Waals surface area contributed by atoms with E-state index in [0.29, 0.717) is 12.2 Å². The van der Waals surface area contributed by atoms with E-state index in [4.69, 9.17) is 14.2 Å². The fourth-order valence-corrected chi connectivity index (χ4v) is 6.19. The molecule has 0 aliphatic carbocycles. The average Bonchev–Trinajstić information content (AvgIpc) is 2.93. The summed E-state index contributed by atoms with van der Waals surface area (Å²) in [5.41, 5.74) is 0. The van der Waals surface area contributed by atoms with Gasteiger partial charge in [0.2, 0.25) is 6.29 Å². The fraction of sp³-hybridized carbons (Fsp3) is 0.759. The Morgan fingerprint density at radius 1 is 0.789 bits per heavy atom. The molecule has 5 atom stereocenters. The number of hydrogen-bond donors (Lipinski definition) is 3. The lowest BCUT2D eigenvalue weighted by Gasteiger charge is -2.39. The van der Waals surface area contributed by atoms with Gasteiger partial charge in [-0.15, -0.1) is 0 Å². The quantitative estimate of drug-likeness (QED) is 0.0945. The van der Waals surface area contributed by atoms with Crippen LogP contribution in [0.3, 0.4) is 0 Å². The number of ether oxygens (including phenoxy) is 3. The van der Waals surface area contributed by atoms with Crippen LogP contribution >= 0.6 is 21.6 Å². The maximum atomic E-state index is 12.2. The lowest BCUT2D eigenvalue weighted by molar-refractivity contribution is -0.278. The van der Waals surface area contributed by atoms with Crippen molar-refractivity contribution in [2.24, 2.45) is 0 Å². The minimum atomic E-state index is -1.47. The van der Waals surface area contributed by atoms with E-state index in [9.17, 15) is 20.1 Å². The normalized spacial score (nSPS) is 23.3. The second-order valence-corrected chi connectivity index (χ2v) is 12.7. The molecule has 0 spiro atoms. The summed E-state index contributed by atoms with van der Waals surface area (Å²) in [6.07, 6.45) is 8.58. The Kier molecular flexibility index (Phi) is 18.3. The van der Waals surface area contributed by atoms with E-state index >= 15 is 0 Å². The number of carbonyl (C=O) groups is 1. The zero-order chi connectivity index (χ0) is 27.4. The Morgan fingerprint density at radius 3 is 1.97 bits per heavy atom. The topological polar surface area (TPSA) is 105 Å². The minimum absolute atomic E-state index is 0.213. The van der Waals surface area contributed by atoms with Gasteiger partial charge in [0.05, 0.1) is 0 Å². The Hall–Kier alpha value is -0.970. The molecule has 0 radical (unpaired) electrons. The average molecular weight is 573 g/mol. The van der Waals surface area contributed by atoms with E-state index in [1.807, 2.05) is 27.7 Å². The minimum Gasteiger partial charge on any atom is -0.463 e. The van der Waals surface area contributed by atoms with Crippen LogP contribution in [-0.4, -0.2) is 70.1 Å². The van der Waals surface area contributed by atoms with E-state index < -0.39 is 30.7 Å². The van der Waals surface area contributed by atoms with Crippen LogP contribution in [0.25, 0.3) is 0 Å². The summed E-state index contributed by atoms with van der Waals surface area (Å²) in [6, 6.07) is 8.75. The predicted molar refractivity (Wildman–Crippen MR) is 155 cm³/mol. The van der Waals surface area contributed by atoms with Gasteiger partial charge in [0.15, 0.2) is 0 Å². The van der Waals surface area contributed by atoms with Crippen molar-refractivity contribution in [3.05, 3.63) is 30.3 Å². The van der Waals surface area contributed by atoms with Crippen molar-refractivity contribution in [1.82, 2.24) is 0 Å². The molecular weight excluding hydrogens is 524 g/mol. The first-order chi connectivity index (χ1) is 18.5. The molecule has 0 bridgehead atoms. The maximum Gasteiger partial charge on any atom is 0.305 e. The molecule has 0 saturated carbocycles. The third kappa shape index (κ3) is 13.9. The highest BCUT2D eigenvalue weighted by Crippen LogP contribution is 2.25. The van der Waals surface area contributed by atoms with E-state index in [2.05, 4.69) is 6.92 Å². The van der Waals surface area contributed by atoms with Crippen LogP contribution in [-0.2, 0) is 14.3 Å². The van der Waals surface area contributed by atoms with Gasteiger partial charge in [-0.3, -0.25) is 4.79 Å². The van der Waals surface area contributed by atoms with Crippen LogP contribution in [0.2, 0.25) is 0 Å². The van der Waals surface area contributed by atoms with Crippen LogP contribution in [0.1, 0.15) is 90.4 Å². The van der Waals surface area contributed by atoms with Gasteiger partial charge in [0.1, 0.15) is 36.8 Å². The summed E-state index contributed by atoms with van der Waals surface area (Å²) in [7, 11) is 3.97. The summed E-state index contributed by atoms with van der Waals surface area (Å²) in [4.78, 5) is 12.2. The largest absolute Gasteiger partial charge is 0.463 e. The second-order valence-electron chi connectivity index (χ2n) is 9.85. The molecule has 1 heterocycles. The van der Waals surface area contributed by atoms with Crippen molar-refractivity contribution >= 4 is 27.6 Å². The molecule has 0 amide bonds. The third-order valence-corrected chi connectivity index (χ3v) is 9.20. The summed E-state index contributed by atoms with van der Waals surface area (Å²) in [5, 5.41) is 30.6. The molecule has 0 unspecified atom stereocenters. The number of para-hydroxylation sites is 1. The van der Waals surface area contributed by atoms with Crippen LogP contribution in [0.4, 0.5) is 0 Å². The number of hydrogen-bond acceptors (Lipinski definition) is 9. The molecule has 0 aromatic heterocycles. The standard InChI is InChI=1S/C29H48O7S2/c1-2-37-38-21-17-12-10-8-6-4-3-5-7-9-11-16-20-25(30)34-22-24-26(31)27(32)28(33)29(36-24)35-23-18-14-13-15-19-23/h13-15,18-19,24,26-29,31-33H,2-12,16-17,20-22H2,1H3/t24-,26+,27+,28-,29-/m1/s1. The Labute approximate surface area is 236 Å². The van der Waals surface area contributed by atoms with Crippen LogP contribution < -0.4 is 4.74 Å². The zero-order valence-electron chi connectivity index (χ0n) is 22.9. The molecule has 1 fully saturated rings. The molecule has 218 valence electrons.